The number of rotatable bonds is 4. The van der Waals surface area contributed by atoms with Crippen LogP contribution >= 0.6 is 24.0 Å². The fraction of sp³-hybridized carbons (Fsp3) is 0.625. The van der Waals surface area contributed by atoms with Crippen molar-refractivity contribution < 1.29 is 4.74 Å². The van der Waals surface area contributed by atoms with E-state index in [-0.39, 0.29) is 12.4 Å². The second-order valence-corrected chi connectivity index (χ2v) is 6.28. The van der Waals surface area contributed by atoms with Crippen LogP contribution in [0.5, 0.6) is 0 Å². The zero-order valence-electron chi connectivity index (χ0n) is 12.2. The van der Waals surface area contributed by atoms with Gasteiger partial charge in [0.15, 0.2) is 0 Å². The highest BCUT2D eigenvalue weighted by molar-refractivity contribution is 6.30. The third-order valence-corrected chi connectivity index (χ3v) is 4.73. The lowest BCUT2D eigenvalue weighted by Crippen LogP contribution is -2.50. The van der Waals surface area contributed by atoms with E-state index in [0.717, 1.165) is 31.3 Å². The van der Waals surface area contributed by atoms with Crippen LogP contribution in [-0.4, -0.2) is 31.8 Å². The van der Waals surface area contributed by atoms with Crippen molar-refractivity contribution in [1.82, 2.24) is 10.6 Å². The largest absolute Gasteiger partial charge is 0.379 e. The average molecular weight is 331 g/mol. The Bertz CT molecular complexity index is 438. The van der Waals surface area contributed by atoms with E-state index >= 15 is 0 Å². The molecule has 2 N–H and O–H groups in total. The number of hydrogen-bond acceptors (Lipinski definition) is 3. The maximum Gasteiger partial charge on any atom is 0.0623 e. The van der Waals surface area contributed by atoms with Crippen LogP contribution in [0.4, 0.5) is 0 Å². The van der Waals surface area contributed by atoms with Gasteiger partial charge in [-0.1, -0.05) is 30.2 Å². The Balaban J connectivity index is 0.00000161. The van der Waals surface area contributed by atoms with Crippen LogP contribution < -0.4 is 10.6 Å². The minimum absolute atomic E-state index is 0. The minimum atomic E-state index is 0. The van der Waals surface area contributed by atoms with E-state index in [2.05, 4.69) is 16.7 Å². The van der Waals surface area contributed by atoms with Crippen LogP contribution in [-0.2, 0) is 11.3 Å². The number of ether oxygens (including phenoxy) is 1. The summed E-state index contributed by atoms with van der Waals surface area (Å²) in [7, 11) is 0. The summed E-state index contributed by atoms with van der Waals surface area (Å²) in [5.74, 6) is 0.689. The molecule has 1 saturated carbocycles. The van der Waals surface area contributed by atoms with Gasteiger partial charge in [0.1, 0.15) is 0 Å². The number of halogens is 2. The van der Waals surface area contributed by atoms with Crippen molar-refractivity contribution in [3.8, 4) is 0 Å². The molecule has 2 aliphatic rings. The molecule has 0 spiro atoms. The normalized spacial score (nSPS) is 29.1. The molecule has 5 heteroatoms. The van der Waals surface area contributed by atoms with Gasteiger partial charge in [0.05, 0.1) is 13.2 Å². The molecule has 3 nitrogen and oxygen atoms in total. The summed E-state index contributed by atoms with van der Waals surface area (Å²) in [6.45, 7) is 3.60. The third-order valence-electron chi connectivity index (χ3n) is 4.49. The van der Waals surface area contributed by atoms with Crippen LogP contribution in [0, 0.1) is 5.92 Å². The van der Waals surface area contributed by atoms with Gasteiger partial charge in [-0.05, 0) is 36.5 Å². The predicted octanol–water partition coefficient (Wildman–Crippen LogP) is 3.01. The van der Waals surface area contributed by atoms with Crippen molar-refractivity contribution in [2.45, 2.75) is 37.9 Å². The molecule has 1 aromatic rings. The van der Waals surface area contributed by atoms with E-state index in [1.807, 2.05) is 18.2 Å². The minimum Gasteiger partial charge on any atom is -0.379 e. The second-order valence-electron chi connectivity index (χ2n) is 5.85. The lowest BCUT2D eigenvalue weighted by atomic mass is 9.94. The highest BCUT2D eigenvalue weighted by Gasteiger charge is 2.34. The van der Waals surface area contributed by atoms with Gasteiger partial charge in [-0.15, -0.1) is 12.4 Å². The Morgan fingerprint density at radius 2 is 2.24 bits per heavy atom. The maximum atomic E-state index is 6.04. The Morgan fingerprint density at radius 1 is 1.33 bits per heavy atom. The van der Waals surface area contributed by atoms with Crippen LogP contribution in [0.2, 0.25) is 5.02 Å². The fourth-order valence-corrected chi connectivity index (χ4v) is 3.69. The van der Waals surface area contributed by atoms with E-state index in [4.69, 9.17) is 16.3 Å². The van der Waals surface area contributed by atoms with Gasteiger partial charge < -0.3 is 15.4 Å². The summed E-state index contributed by atoms with van der Waals surface area (Å²) in [6.07, 6.45) is 3.88. The average Bonchev–Trinajstić information content (AvgIpc) is 2.95. The Morgan fingerprint density at radius 3 is 3.00 bits per heavy atom. The van der Waals surface area contributed by atoms with Gasteiger partial charge in [0, 0.05) is 30.2 Å². The lowest BCUT2D eigenvalue weighted by Gasteiger charge is -2.33. The number of nitrogens with one attached hydrogen (secondary N) is 2. The molecule has 3 atom stereocenters. The molecule has 118 valence electrons. The summed E-state index contributed by atoms with van der Waals surface area (Å²) in [6, 6.07) is 9.22. The number of morpholine rings is 1. The van der Waals surface area contributed by atoms with Gasteiger partial charge >= 0.3 is 0 Å². The van der Waals surface area contributed by atoms with Crippen LogP contribution in [0.3, 0.4) is 0 Å². The number of benzene rings is 1. The fourth-order valence-electron chi connectivity index (χ4n) is 3.48. The standard InChI is InChI=1S/C16H23ClN2O.ClH/c17-13-4-1-3-12(9-13)10-19-15-6-2-5-14(15)16-11-20-8-7-18-16;/h1,3-4,9,14-16,18-19H,2,5-8,10-11H2;1H. The van der Waals surface area contributed by atoms with Crippen molar-refractivity contribution in [3.05, 3.63) is 34.9 Å². The molecular formula is C16H24Cl2N2O. The highest BCUT2D eigenvalue weighted by atomic mass is 35.5. The summed E-state index contributed by atoms with van der Waals surface area (Å²) in [4.78, 5) is 0. The smallest absolute Gasteiger partial charge is 0.0623 e. The molecule has 1 heterocycles. The van der Waals surface area contributed by atoms with Gasteiger partial charge in [-0.25, -0.2) is 0 Å². The summed E-state index contributed by atoms with van der Waals surface area (Å²) < 4.78 is 5.61. The highest BCUT2D eigenvalue weighted by Crippen LogP contribution is 2.29. The Hall–Kier alpha value is -0.320. The van der Waals surface area contributed by atoms with E-state index in [1.165, 1.54) is 24.8 Å². The lowest BCUT2D eigenvalue weighted by molar-refractivity contribution is 0.0524. The topological polar surface area (TPSA) is 33.3 Å². The Labute approximate surface area is 138 Å². The van der Waals surface area contributed by atoms with E-state index < -0.39 is 0 Å². The summed E-state index contributed by atoms with van der Waals surface area (Å²) in [5.41, 5.74) is 1.26. The molecule has 1 saturated heterocycles. The molecule has 2 fully saturated rings. The van der Waals surface area contributed by atoms with Crippen molar-refractivity contribution >= 4 is 24.0 Å². The zero-order valence-corrected chi connectivity index (χ0v) is 13.8. The molecule has 1 aliphatic carbocycles. The van der Waals surface area contributed by atoms with Gasteiger partial charge in [0.25, 0.3) is 0 Å². The zero-order chi connectivity index (χ0) is 13.8. The van der Waals surface area contributed by atoms with Crippen LogP contribution in [0.1, 0.15) is 24.8 Å². The van der Waals surface area contributed by atoms with Gasteiger partial charge in [0.2, 0.25) is 0 Å². The first kappa shape index (κ1) is 17.0. The first-order valence-corrected chi connectivity index (χ1v) is 8.00. The summed E-state index contributed by atoms with van der Waals surface area (Å²) in [5, 5.41) is 8.14. The molecule has 0 bridgehead atoms. The molecule has 0 amide bonds. The maximum absolute atomic E-state index is 6.04. The molecule has 1 aromatic carbocycles. The SMILES string of the molecule is Cl.Clc1cccc(CNC2CCCC2C2COCCN2)c1. The van der Waals surface area contributed by atoms with E-state index in [9.17, 15) is 0 Å². The summed E-state index contributed by atoms with van der Waals surface area (Å²) >= 11 is 6.04. The second kappa shape index (κ2) is 8.35. The molecule has 3 rings (SSSR count). The monoisotopic (exact) mass is 330 g/mol. The quantitative estimate of drug-likeness (QED) is 0.890. The van der Waals surface area contributed by atoms with Crippen molar-refractivity contribution in [2.75, 3.05) is 19.8 Å². The first-order chi connectivity index (χ1) is 9.83. The molecule has 3 unspecified atom stereocenters. The third kappa shape index (κ3) is 4.57. The van der Waals surface area contributed by atoms with Crippen molar-refractivity contribution in [1.29, 1.82) is 0 Å². The van der Waals surface area contributed by atoms with E-state index in [1.54, 1.807) is 0 Å². The van der Waals surface area contributed by atoms with E-state index in [0.29, 0.717) is 18.0 Å². The van der Waals surface area contributed by atoms with Crippen LogP contribution in [0.15, 0.2) is 24.3 Å². The van der Waals surface area contributed by atoms with Crippen molar-refractivity contribution in [2.24, 2.45) is 5.92 Å². The van der Waals surface area contributed by atoms with Crippen LogP contribution in [0.25, 0.3) is 0 Å². The Kier molecular flexibility index (Phi) is 6.77. The van der Waals surface area contributed by atoms with Gasteiger partial charge in [-0.3, -0.25) is 0 Å². The molecular weight excluding hydrogens is 307 g/mol. The first-order valence-electron chi connectivity index (χ1n) is 7.62. The molecule has 0 aromatic heterocycles. The molecule has 0 radical (unpaired) electrons. The van der Waals surface area contributed by atoms with Gasteiger partial charge in [-0.2, -0.15) is 0 Å². The van der Waals surface area contributed by atoms with Crippen molar-refractivity contribution in [3.63, 3.8) is 0 Å². The predicted molar refractivity (Wildman–Crippen MR) is 89.3 cm³/mol. The number of hydrogen-bond donors (Lipinski definition) is 2. The molecule has 21 heavy (non-hydrogen) atoms. The molecule has 1 aliphatic heterocycles.